The maximum absolute atomic E-state index is 12.6. The van der Waals surface area contributed by atoms with Gasteiger partial charge >= 0.3 is 0 Å². The van der Waals surface area contributed by atoms with Crippen LogP contribution in [0.1, 0.15) is 60.9 Å². The van der Waals surface area contributed by atoms with Crippen LogP contribution in [0, 0.1) is 5.92 Å². The lowest BCUT2D eigenvalue weighted by Gasteiger charge is -2.20. The van der Waals surface area contributed by atoms with Crippen LogP contribution in [0.15, 0.2) is 18.2 Å². The minimum atomic E-state index is -0.103. The Balaban J connectivity index is 1.80. The number of carbonyl (C=O) groups excluding carboxylic acids is 1. The summed E-state index contributed by atoms with van der Waals surface area (Å²) in [5.74, 6) is 0.472. The van der Waals surface area contributed by atoms with Gasteiger partial charge in [0.1, 0.15) is 0 Å². The number of nitrogens with one attached hydrogen (secondary N) is 2. The zero-order chi connectivity index (χ0) is 19.3. The summed E-state index contributed by atoms with van der Waals surface area (Å²) < 4.78 is 5.60. The van der Waals surface area contributed by atoms with Gasteiger partial charge in [-0.05, 0) is 36.5 Å². The summed E-state index contributed by atoms with van der Waals surface area (Å²) in [5.41, 5.74) is 1.44. The van der Waals surface area contributed by atoms with E-state index in [1.165, 1.54) is 44.9 Å². The fourth-order valence-corrected chi connectivity index (χ4v) is 3.66. The van der Waals surface area contributed by atoms with Crippen LogP contribution in [0.25, 0.3) is 0 Å². The van der Waals surface area contributed by atoms with Crippen molar-refractivity contribution in [1.82, 2.24) is 10.6 Å². The van der Waals surface area contributed by atoms with Gasteiger partial charge in [-0.1, -0.05) is 49.8 Å². The molecule has 1 aliphatic carbocycles. The van der Waals surface area contributed by atoms with Gasteiger partial charge in [-0.3, -0.25) is 4.79 Å². The number of rotatable bonds is 10. The first-order chi connectivity index (χ1) is 13.2. The van der Waals surface area contributed by atoms with Crippen LogP contribution >= 0.6 is 11.6 Å². The third-order valence-electron chi connectivity index (χ3n) is 5.03. The molecule has 2 rings (SSSR count). The SMILES string of the molecule is O=C(NCC1CCCCCCC1)c1cc(COCCNCCO)ccc1Cl. The summed E-state index contributed by atoms with van der Waals surface area (Å²) in [4.78, 5) is 12.6. The Kier molecular flexibility index (Phi) is 10.8. The molecule has 1 aromatic rings. The second kappa shape index (κ2) is 13.1. The summed E-state index contributed by atoms with van der Waals surface area (Å²) in [6.07, 6.45) is 8.91. The molecule has 0 spiro atoms. The Bertz CT molecular complexity index is 560. The van der Waals surface area contributed by atoms with Crippen LogP contribution in [-0.2, 0) is 11.3 Å². The van der Waals surface area contributed by atoms with E-state index in [9.17, 15) is 4.79 Å². The number of carbonyl (C=O) groups is 1. The largest absolute Gasteiger partial charge is 0.395 e. The van der Waals surface area contributed by atoms with Crippen molar-refractivity contribution >= 4 is 17.5 Å². The van der Waals surface area contributed by atoms with Crippen molar-refractivity contribution in [2.45, 2.75) is 51.6 Å². The molecule has 1 amide bonds. The van der Waals surface area contributed by atoms with E-state index in [1.54, 1.807) is 6.07 Å². The Morgan fingerprint density at radius 1 is 1.15 bits per heavy atom. The second-order valence-electron chi connectivity index (χ2n) is 7.26. The second-order valence-corrected chi connectivity index (χ2v) is 7.67. The molecule has 1 fully saturated rings. The first kappa shape index (κ1) is 22.2. The lowest BCUT2D eigenvalue weighted by atomic mass is 9.91. The molecule has 1 aromatic carbocycles. The number of hydrogen-bond donors (Lipinski definition) is 3. The van der Waals surface area contributed by atoms with Crippen molar-refractivity contribution in [3.63, 3.8) is 0 Å². The van der Waals surface area contributed by atoms with Gasteiger partial charge in [0, 0.05) is 19.6 Å². The predicted octanol–water partition coefficient (Wildman–Crippen LogP) is 3.53. The van der Waals surface area contributed by atoms with Crippen molar-refractivity contribution in [2.24, 2.45) is 5.92 Å². The van der Waals surface area contributed by atoms with E-state index in [2.05, 4.69) is 10.6 Å². The number of ether oxygens (including phenoxy) is 1. The zero-order valence-corrected chi connectivity index (χ0v) is 16.9. The van der Waals surface area contributed by atoms with E-state index in [-0.39, 0.29) is 12.5 Å². The third kappa shape index (κ3) is 8.60. The molecule has 152 valence electrons. The molecule has 6 heteroatoms. The zero-order valence-electron chi connectivity index (χ0n) is 16.1. The first-order valence-corrected chi connectivity index (χ1v) is 10.5. The van der Waals surface area contributed by atoms with Crippen LogP contribution in [0.3, 0.4) is 0 Å². The molecule has 0 atom stereocenters. The molecule has 0 aromatic heterocycles. The monoisotopic (exact) mass is 396 g/mol. The number of aliphatic hydroxyl groups is 1. The third-order valence-corrected chi connectivity index (χ3v) is 5.36. The van der Waals surface area contributed by atoms with Crippen molar-refractivity contribution in [3.05, 3.63) is 34.3 Å². The molecule has 0 saturated heterocycles. The van der Waals surface area contributed by atoms with Crippen LogP contribution in [0.5, 0.6) is 0 Å². The van der Waals surface area contributed by atoms with Crippen LogP contribution < -0.4 is 10.6 Å². The van der Waals surface area contributed by atoms with Gasteiger partial charge in [0.15, 0.2) is 0 Å². The predicted molar refractivity (Wildman–Crippen MR) is 109 cm³/mol. The summed E-state index contributed by atoms with van der Waals surface area (Å²) in [6, 6.07) is 5.46. The van der Waals surface area contributed by atoms with Crippen LogP contribution in [0.4, 0.5) is 0 Å². The van der Waals surface area contributed by atoms with Gasteiger partial charge < -0.3 is 20.5 Å². The number of benzene rings is 1. The molecule has 0 unspecified atom stereocenters. The summed E-state index contributed by atoms with van der Waals surface area (Å²) in [6.45, 7) is 3.08. The van der Waals surface area contributed by atoms with Gasteiger partial charge in [0.25, 0.3) is 5.91 Å². The molecule has 1 saturated carbocycles. The van der Waals surface area contributed by atoms with E-state index in [0.29, 0.717) is 42.8 Å². The normalized spacial score (nSPS) is 15.9. The topological polar surface area (TPSA) is 70.6 Å². The average Bonchev–Trinajstić information content (AvgIpc) is 2.64. The smallest absolute Gasteiger partial charge is 0.252 e. The Morgan fingerprint density at radius 2 is 1.89 bits per heavy atom. The molecule has 0 aliphatic heterocycles. The molecule has 3 N–H and O–H groups in total. The highest BCUT2D eigenvalue weighted by molar-refractivity contribution is 6.33. The van der Waals surface area contributed by atoms with Crippen LogP contribution in [0.2, 0.25) is 5.02 Å². The Morgan fingerprint density at radius 3 is 2.63 bits per heavy atom. The Hall–Kier alpha value is -1.14. The molecule has 1 aliphatic rings. The van der Waals surface area contributed by atoms with Crippen molar-refractivity contribution in [2.75, 3.05) is 32.8 Å². The molecule has 5 nitrogen and oxygen atoms in total. The van der Waals surface area contributed by atoms with Gasteiger partial charge in [-0.25, -0.2) is 0 Å². The number of hydrogen-bond acceptors (Lipinski definition) is 4. The maximum Gasteiger partial charge on any atom is 0.252 e. The maximum atomic E-state index is 12.6. The van der Waals surface area contributed by atoms with Gasteiger partial charge in [-0.2, -0.15) is 0 Å². The summed E-state index contributed by atoms with van der Waals surface area (Å²) in [7, 11) is 0. The highest BCUT2D eigenvalue weighted by atomic mass is 35.5. The van der Waals surface area contributed by atoms with E-state index in [1.807, 2.05) is 12.1 Å². The lowest BCUT2D eigenvalue weighted by molar-refractivity contribution is 0.0944. The molecular weight excluding hydrogens is 364 g/mol. The van der Waals surface area contributed by atoms with E-state index in [4.69, 9.17) is 21.4 Å². The minimum Gasteiger partial charge on any atom is -0.395 e. The van der Waals surface area contributed by atoms with Crippen LogP contribution in [-0.4, -0.2) is 43.9 Å². The van der Waals surface area contributed by atoms with Gasteiger partial charge in [0.05, 0.1) is 30.4 Å². The number of amides is 1. The lowest BCUT2D eigenvalue weighted by Crippen LogP contribution is -2.30. The van der Waals surface area contributed by atoms with Crippen molar-refractivity contribution < 1.29 is 14.6 Å². The quantitative estimate of drug-likeness (QED) is 0.529. The fraction of sp³-hybridized carbons (Fsp3) is 0.667. The molecular formula is C21H33ClN2O3. The van der Waals surface area contributed by atoms with Gasteiger partial charge in [-0.15, -0.1) is 0 Å². The van der Waals surface area contributed by atoms with E-state index >= 15 is 0 Å². The molecule has 27 heavy (non-hydrogen) atoms. The van der Waals surface area contributed by atoms with Crippen molar-refractivity contribution in [1.29, 1.82) is 0 Å². The highest BCUT2D eigenvalue weighted by Gasteiger charge is 2.15. The van der Waals surface area contributed by atoms with E-state index in [0.717, 1.165) is 12.1 Å². The molecule has 0 bridgehead atoms. The minimum absolute atomic E-state index is 0.103. The number of aliphatic hydroxyl groups excluding tert-OH is 1. The summed E-state index contributed by atoms with van der Waals surface area (Å²) >= 11 is 6.24. The van der Waals surface area contributed by atoms with E-state index < -0.39 is 0 Å². The summed E-state index contributed by atoms with van der Waals surface area (Å²) in [5, 5.41) is 15.3. The molecule has 0 radical (unpaired) electrons. The van der Waals surface area contributed by atoms with Gasteiger partial charge in [0.2, 0.25) is 0 Å². The highest BCUT2D eigenvalue weighted by Crippen LogP contribution is 2.22. The fourth-order valence-electron chi connectivity index (χ4n) is 3.45. The first-order valence-electron chi connectivity index (χ1n) is 10.2. The Labute approximate surface area is 167 Å². The van der Waals surface area contributed by atoms with Crippen molar-refractivity contribution in [3.8, 4) is 0 Å². The number of halogens is 1. The standard InChI is InChI=1S/C21H33ClN2O3/c22-20-9-8-18(16-27-13-11-23-10-12-25)14-19(20)21(26)24-15-17-6-4-2-1-3-5-7-17/h8-9,14,17,23,25H,1-7,10-13,15-16H2,(H,24,26). The molecule has 0 heterocycles. The average molecular weight is 397 g/mol.